The van der Waals surface area contributed by atoms with Crippen LogP contribution >= 0.6 is 11.6 Å². The summed E-state index contributed by atoms with van der Waals surface area (Å²) >= 11 is 6.04. The van der Waals surface area contributed by atoms with Gasteiger partial charge in [-0.1, -0.05) is 17.7 Å². The molecule has 2 aromatic carbocycles. The van der Waals surface area contributed by atoms with Gasteiger partial charge >= 0.3 is 5.69 Å². The molecule has 0 unspecified atom stereocenters. The quantitative estimate of drug-likeness (QED) is 0.458. The number of alkyl halides is 2. The topological polar surface area (TPSA) is 79.5 Å². The Hall–Kier alpha value is -2.59. The Morgan fingerprint density at radius 3 is 2.41 bits per heavy atom. The summed E-state index contributed by atoms with van der Waals surface area (Å²) in [6.45, 7) is 1.27. The Kier molecular flexibility index (Phi) is 7.14. The molecule has 174 valence electrons. The molecule has 0 saturated heterocycles. The monoisotopic (exact) mass is 488 g/mol. The summed E-state index contributed by atoms with van der Waals surface area (Å²) < 4.78 is 64.0. The Labute approximate surface area is 189 Å². The third kappa shape index (κ3) is 5.07. The highest BCUT2D eigenvalue weighted by Crippen LogP contribution is 2.33. The Bertz CT molecular complexity index is 1290. The lowest BCUT2D eigenvalue weighted by molar-refractivity contribution is 0.126. The first-order valence-electron chi connectivity index (χ1n) is 9.72. The summed E-state index contributed by atoms with van der Waals surface area (Å²) in [5.41, 5.74) is 0.181. The molecule has 32 heavy (non-hydrogen) atoms. The van der Waals surface area contributed by atoms with Crippen molar-refractivity contribution in [2.45, 2.75) is 25.9 Å². The molecule has 0 fully saturated rings. The predicted octanol–water partition coefficient (Wildman–Crippen LogP) is 3.76. The number of imidazole rings is 1. The SMILES string of the molecule is CCOc1cc([C@H](CS(C)(=O)=O)n2c(=O)n(CC(F)F)c3cc(Cl)ccc32)ccc1OC. The van der Waals surface area contributed by atoms with E-state index in [2.05, 4.69) is 0 Å². The molecule has 3 aromatic rings. The summed E-state index contributed by atoms with van der Waals surface area (Å²) in [6, 6.07) is 8.27. The molecule has 0 N–H and O–H groups in total. The highest BCUT2D eigenvalue weighted by molar-refractivity contribution is 7.90. The third-order valence-corrected chi connectivity index (χ3v) is 6.05. The lowest BCUT2D eigenvalue weighted by Gasteiger charge is -2.20. The van der Waals surface area contributed by atoms with Crippen molar-refractivity contribution in [3.8, 4) is 11.5 Å². The van der Waals surface area contributed by atoms with Crippen LogP contribution in [-0.4, -0.2) is 49.7 Å². The third-order valence-electron chi connectivity index (χ3n) is 4.89. The van der Waals surface area contributed by atoms with Crippen molar-refractivity contribution < 1.29 is 26.7 Å². The van der Waals surface area contributed by atoms with E-state index in [1.807, 2.05) is 0 Å². The molecule has 0 bridgehead atoms. The molecule has 3 rings (SSSR count). The maximum Gasteiger partial charge on any atom is 0.329 e. The van der Waals surface area contributed by atoms with E-state index >= 15 is 0 Å². The van der Waals surface area contributed by atoms with Crippen molar-refractivity contribution >= 4 is 32.5 Å². The van der Waals surface area contributed by atoms with Crippen LogP contribution in [0.1, 0.15) is 18.5 Å². The van der Waals surface area contributed by atoms with Crippen molar-refractivity contribution in [3.63, 3.8) is 0 Å². The minimum Gasteiger partial charge on any atom is -0.493 e. The molecule has 0 aliphatic carbocycles. The van der Waals surface area contributed by atoms with Crippen LogP contribution in [0.4, 0.5) is 8.78 Å². The van der Waals surface area contributed by atoms with Crippen molar-refractivity contribution in [1.29, 1.82) is 0 Å². The van der Waals surface area contributed by atoms with Crippen molar-refractivity contribution in [2.24, 2.45) is 0 Å². The number of ether oxygens (including phenoxy) is 2. The van der Waals surface area contributed by atoms with Gasteiger partial charge in [0.15, 0.2) is 11.5 Å². The second-order valence-electron chi connectivity index (χ2n) is 7.24. The van der Waals surface area contributed by atoms with Crippen LogP contribution in [0.3, 0.4) is 0 Å². The second kappa shape index (κ2) is 9.50. The number of hydrogen-bond acceptors (Lipinski definition) is 5. The van der Waals surface area contributed by atoms with Crippen LogP contribution in [0.15, 0.2) is 41.2 Å². The number of sulfone groups is 1. The summed E-state index contributed by atoms with van der Waals surface area (Å²) in [7, 11) is -2.11. The van der Waals surface area contributed by atoms with Crippen molar-refractivity contribution in [2.75, 3.05) is 25.7 Å². The number of halogens is 3. The molecule has 0 aliphatic rings. The number of rotatable bonds is 9. The van der Waals surface area contributed by atoms with E-state index in [0.717, 1.165) is 10.8 Å². The highest BCUT2D eigenvalue weighted by Gasteiger charge is 2.27. The van der Waals surface area contributed by atoms with Gasteiger partial charge in [0.2, 0.25) is 0 Å². The molecule has 1 atom stereocenters. The van der Waals surface area contributed by atoms with Gasteiger partial charge < -0.3 is 9.47 Å². The fourth-order valence-corrected chi connectivity index (χ4v) is 4.73. The van der Waals surface area contributed by atoms with Gasteiger partial charge in [-0.05, 0) is 42.8 Å². The second-order valence-corrected chi connectivity index (χ2v) is 9.86. The van der Waals surface area contributed by atoms with Crippen LogP contribution in [0.2, 0.25) is 5.02 Å². The van der Waals surface area contributed by atoms with E-state index in [1.54, 1.807) is 25.1 Å². The minimum absolute atomic E-state index is 0.194. The molecule has 0 spiro atoms. The Morgan fingerprint density at radius 2 is 1.81 bits per heavy atom. The normalized spacial score (nSPS) is 13.0. The van der Waals surface area contributed by atoms with Gasteiger partial charge in [0.25, 0.3) is 6.43 Å². The van der Waals surface area contributed by atoms with Crippen LogP contribution in [0.25, 0.3) is 11.0 Å². The number of benzene rings is 2. The molecule has 0 aliphatic heterocycles. The molecule has 11 heteroatoms. The molecule has 1 heterocycles. The maximum atomic E-state index is 13.3. The van der Waals surface area contributed by atoms with E-state index < -0.39 is 40.3 Å². The number of hydrogen-bond donors (Lipinski definition) is 0. The highest BCUT2D eigenvalue weighted by atomic mass is 35.5. The first-order valence-corrected chi connectivity index (χ1v) is 12.2. The van der Waals surface area contributed by atoms with Gasteiger partial charge in [-0.2, -0.15) is 0 Å². The molecule has 1 aromatic heterocycles. The van der Waals surface area contributed by atoms with E-state index in [1.165, 1.54) is 29.9 Å². The van der Waals surface area contributed by atoms with E-state index in [-0.39, 0.29) is 10.5 Å². The van der Waals surface area contributed by atoms with Crippen molar-refractivity contribution in [1.82, 2.24) is 9.13 Å². The number of aromatic nitrogens is 2. The first kappa shape index (κ1) is 24.1. The van der Waals surface area contributed by atoms with Gasteiger partial charge in [-0.15, -0.1) is 0 Å². The summed E-state index contributed by atoms with van der Waals surface area (Å²) in [4.78, 5) is 13.3. The first-order chi connectivity index (χ1) is 15.1. The van der Waals surface area contributed by atoms with Gasteiger partial charge in [-0.25, -0.2) is 22.0 Å². The zero-order chi connectivity index (χ0) is 23.6. The molecule has 7 nitrogen and oxygen atoms in total. The number of nitrogens with zero attached hydrogens (tertiary/aromatic N) is 2. The van der Waals surface area contributed by atoms with Gasteiger partial charge in [0, 0.05) is 11.3 Å². The average Bonchev–Trinajstić information content (AvgIpc) is 2.96. The Morgan fingerprint density at radius 1 is 1.09 bits per heavy atom. The average molecular weight is 489 g/mol. The largest absolute Gasteiger partial charge is 0.493 e. The summed E-state index contributed by atoms with van der Waals surface area (Å²) in [6.07, 6.45) is -1.74. The molecule has 0 saturated carbocycles. The maximum absolute atomic E-state index is 13.3. The molecular weight excluding hydrogens is 466 g/mol. The zero-order valence-electron chi connectivity index (χ0n) is 17.7. The molecular formula is C21H23ClF2N2O5S. The van der Waals surface area contributed by atoms with Crippen LogP contribution in [0.5, 0.6) is 11.5 Å². The summed E-state index contributed by atoms with van der Waals surface area (Å²) in [5.74, 6) is 0.382. The molecule has 0 amide bonds. The Balaban J connectivity index is 2.31. The predicted molar refractivity (Wildman–Crippen MR) is 119 cm³/mol. The molecule has 0 radical (unpaired) electrons. The van der Waals surface area contributed by atoms with Crippen LogP contribution in [-0.2, 0) is 16.4 Å². The minimum atomic E-state index is -3.58. The standard InChI is InChI=1S/C21H23ClF2N2O5S/c1-4-31-19-9-13(5-8-18(19)30-2)17(12-32(3,28)29)26-15-7-6-14(22)10-16(15)25(21(26)27)11-20(23)24/h5-10,17,20H,4,11-12H2,1-3H3/t17-/m0/s1. The van der Waals surface area contributed by atoms with Gasteiger partial charge in [0.05, 0.1) is 43.1 Å². The summed E-state index contributed by atoms with van der Waals surface area (Å²) in [5, 5.41) is 0.264. The number of fused-ring (bicyclic) bond motifs is 1. The smallest absolute Gasteiger partial charge is 0.329 e. The lowest BCUT2D eigenvalue weighted by Crippen LogP contribution is -2.32. The van der Waals surface area contributed by atoms with Gasteiger partial charge in [-0.3, -0.25) is 9.13 Å². The lowest BCUT2D eigenvalue weighted by atomic mass is 10.1. The zero-order valence-corrected chi connectivity index (χ0v) is 19.3. The van der Waals surface area contributed by atoms with E-state index in [9.17, 15) is 22.0 Å². The van der Waals surface area contributed by atoms with E-state index in [0.29, 0.717) is 29.2 Å². The van der Waals surface area contributed by atoms with E-state index in [4.69, 9.17) is 21.1 Å². The fourth-order valence-electron chi connectivity index (χ4n) is 3.64. The van der Waals surface area contributed by atoms with Gasteiger partial charge in [0.1, 0.15) is 9.84 Å². The van der Waals surface area contributed by atoms with Crippen molar-refractivity contribution in [3.05, 3.63) is 57.5 Å². The fraction of sp³-hybridized carbons (Fsp3) is 0.381. The number of methoxy groups -OCH3 is 1. The van der Waals surface area contributed by atoms with Crippen LogP contribution in [0, 0.1) is 0 Å². The van der Waals surface area contributed by atoms with Crippen LogP contribution < -0.4 is 15.2 Å².